The van der Waals surface area contributed by atoms with Crippen molar-refractivity contribution in [2.24, 2.45) is 0 Å². The minimum atomic E-state index is 0. The summed E-state index contributed by atoms with van der Waals surface area (Å²) in [5.74, 6) is 37.7. The first-order valence-corrected chi connectivity index (χ1v) is 25.9. The SMILES string of the molecule is C(#Cc1ccnc(-c2cc(C#Cc3ccncc3)ccn2)c1)c1ccncc1.C(#Cc1ccnc(-c2cc(C#Cc3ccncc3)ccn2)c1)c1ccncc1.C(#Cc1ccnc(-c2cc(C#Cc3ccncc3)ccn2)c1)c1ccncc1.[Fe+2]. The zero-order valence-electron chi connectivity index (χ0n) is 45.0. The molecule has 0 unspecified atom stereocenters. The number of pyridine rings is 12. The van der Waals surface area contributed by atoms with Gasteiger partial charge in [-0.05, 0) is 146 Å². The molecule has 0 N–H and O–H groups in total. The van der Waals surface area contributed by atoms with Crippen LogP contribution in [0.3, 0.4) is 0 Å². The standard InChI is InChI=1S/3C24H14N4.Fe/c3*1(19-5-11-25-12-6-19)3-21-9-15-27-23(17-21)24-18-22(10-16-28-24)4-2-20-7-13-26-14-8-20;/h3*5-18H;/q;;;+2. The van der Waals surface area contributed by atoms with Crippen molar-refractivity contribution in [2.45, 2.75) is 0 Å². The molecule has 0 aliphatic heterocycles. The van der Waals surface area contributed by atoms with Crippen molar-refractivity contribution in [1.29, 1.82) is 0 Å². The van der Waals surface area contributed by atoms with Crippen LogP contribution in [-0.4, -0.2) is 59.8 Å². The average molecular weight is 1130 g/mol. The van der Waals surface area contributed by atoms with Crippen molar-refractivity contribution < 1.29 is 17.1 Å². The predicted octanol–water partition coefficient (Wildman–Crippen LogP) is 11.2. The van der Waals surface area contributed by atoms with E-state index < -0.39 is 0 Å². The van der Waals surface area contributed by atoms with Gasteiger partial charge in [-0.25, -0.2) is 0 Å². The largest absolute Gasteiger partial charge is 2.00 e. The molecule has 0 saturated heterocycles. The molecule has 0 fully saturated rings. The van der Waals surface area contributed by atoms with Crippen LogP contribution < -0.4 is 0 Å². The third kappa shape index (κ3) is 18.4. The summed E-state index contributed by atoms with van der Waals surface area (Å²) < 4.78 is 0. The van der Waals surface area contributed by atoms with Crippen molar-refractivity contribution in [1.82, 2.24) is 59.8 Å². The molecular formula is C72H42FeN12+2. The summed E-state index contributed by atoms with van der Waals surface area (Å²) in [7, 11) is 0. The van der Waals surface area contributed by atoms with Crippen LogP contribution in [0.2, 0.25) is 0 Å². The Labute approximate surface area is 503 Å². The molecule has 0 bridgehead atoms. The summed E-state index contributed by atoms with van der Waals surface area (Å²) in [4.78, 5) is 50.5. The van der Waals surface area contributed by atoms with Gasteiger partial charge in [0.15, 0.2) is 0 Å². The summed E-state index contributed by atoms with van der Waals surface area (Å²) in [6, 6.07) is 45.4. The quantitative estimate of drug-likeness (QED) is 0.122. The van der Waals surface area contributed by atoms with Gasteiger partial charge in [0.1, 0.15) is 0 Å². The van der Waals surface area contributed by atoms with Crippen LogP contribution in [0.1, 0.15) is 66.8 Å². The van der Waals surface area contributed by atoms with Crippen molar-refractivity contribution in [2.75, 3.05) is 0 Å². The Bertz CT molecular complexity index is 3820. The van der Waals surface area contributed by atoms with E-state index in [4.69, 9.17) is 0 Å². The van der Waals surface area contributed by atoms with Crippen LogP contribution in [0, 0.1) is 71.0 Å². The fourth-order valence-corrected chi connectivity index (χ4v) is 7.37. The van der Waals surface area contributed by atoms with Gasteiger partial charge in [0, 0.05) is 178 Å². The topological polar surface area (TPSA) is 155 Å². The smallest absolute Gasteiger partial charge is 0.265 e. The zero-order valence-corrected chi connectivity index (χ0v) is 46.1. The molecule has 0 spiro atoms. The molecular weight excluding hydrogens is 1090 g/mol. The van der Waals surface area contributed by atoms with Gasteiger partial charge in [-0.3, -0.25) is 59.8 Å². The minimum Gasteiger partial charge on any atom is -0.265 e. The zero-order chi connectivity index (χ0) is 57.1. The number of hydrogen-bond acceptors (Lipinski definition) is 12. The molecule has 13 heteroatoms. The summed E-state index contributed by atoms with van der Waals surface area (Å²) in [6.45, 7) is 0. The summed E-state index contributed by atoms with van der Waals surface area (Å²) in [5.41, 5.74) is 15.3. The average Bonchev–Trinajstić information content (AvgIpc) is 3.69. The number of rotatable bonds is 3. The van der Waals surface area contributed by atoms with Crippen molar-refractivity contribution >= 4 is 0 Å². The molecule has 0 aromatic carbocycles. The Balaban J connectivity index is 0.000000152. The van der Waals surface area contributed by atoms with Crippen LogP contribution in [0.15, 0.2) is 257 Å². The van der Waals surface area contributed by atoms with Gasteiger partial charge < -0.3 is 0 Å². The Kier molecular flexibility index (Phi) is 20.8. The molecule has 12 aromatic rings. The van der Waals surface area contributed by atoms with E-state index in [1.807, 2.05) is 146 Å². The molecule has 0 saturated carbocycles. The van der Waals surface area contributed by atoms with Gasteiger partial charge in [0.2, 0.25) is 0 Å². The van der Waals surface area contributed by atoms with E-state index in [9.17, 15) is 0 Å². The van der Waals surface area contributed by atoms with Gasteiger partial charge in [-0.1, -0.05) is 71.0 Å². The fourth-order valence-electron chi connectivity index (χ4n) is 7.37. The maximum Gasteiger partial charge on any atom is 2.00 e. The van der Waals surface area contributed by atoms with Crippen LogP contribution in [0.5, 0.6) is 0 Å². The minimum absolute atomic E-state index is 0. The van der Waals surface area contributed by atoms with Crippen molar-refractivity contribution in [3.63, 3.8) is 0 Å². The van der Waals surface area contributed by atoms with Gasteiger partial charge >= 0.3 is 17.1 Å². The molecule has 396 valence electrons. The second-order valence-corrected chi connectivity index (χ2v) is 17.5. The van der Waals surface area contributed by atoms with Gasteiger partial charge in [0.25, 0.3) is 0 Å². The Morgan fingerprint density at radius 3 is 0.412 bits per heavy atom. The van der Waals surface area contributed by atoms with Crippen LogP contribution >= 0.6 is 0 Å². The molecule has 12 heterocycles. The maximum absolute atomic E-state index is 4.43. The first-order chi connectivity index (χ1) is 41.6. The third-order valence-corrected chi connectivity index (χ3v) is 11.5. The summed E-state index contributed by atoms with van der Waals surface area (Å²) in [5, 5.41) is 0. The Morgan fingerprint density at radius 2 is 0.271 bits per heavy atom. The molecule has 0 amide bonds. The molecule has 0 aliphatic rings. The second-order valence-electron chi connectivity index (χ2n) is 17.5. The van der Waals surface area contributed by atoms with E-state index in [1.54, 1.807) is 112 Å². The van der Waals surface area contributed by atoms with Crippen LogP contribution in [0.25, 0.3) is 34.2 Å². The summed E-state index contributed by atoms with van der Waals surface area (Å²) >= 11 is 0. The normalized spacial score (nSPS) is 9.46. The molecule has 12 aromatic heterocycles. The van der Waals surface area contributed by atoms with Crippen molar-refractivity contribution in [3.8, 4) is 105 Å². The van der Waals surface area contributed by atoms with Crippen LogP contribution in [-0.2, 0) is 17.1 Å². The molecule has 0 radical (unpaired) electrons. The third-order valence-electron chi connectivity index (χ3n) is 11.5. The number of hydrogen-bond donors (Lipinski definition) is 0. The first kappa shape index (κ1) is 57.4. The predicted molar refractivity (Wildman–Crippen MR) is 324 cm³/mol. The second kappa shape index (κ2) is 30.9. The molecule has 85 heavy (non-hydrogen) atoms. The van der Waals surface area contributed by atoms with E-state index in [0.717, 1.165) is 101 Å². The fraction of sp³-hybridized carbons (Fsp3) is 0. The van der Waals surface area contributed by atoms with E-state index in [0.29, 0.717) is 0 Å². The number of nitrogens with zero attached hydrogens (tertiary/aromatic N) is 12. The molecule has 0 atom stereocenters. The monoisotopic (exact) mass is 1130 g/mol. The van der Waals surface area contributed by atoms with E-state index >= 15 is 0 Å². The van der Waals surface area contributed by atoms with Gasteiger partial charge in [-0.15, -0.1) is 0 Å². The molecule has 0 aliphatic carbocycles. The van der Waals surface area contributed by atoms with Gasteiger partial charge in [0.05, 0.1) is 34.2 Å². The van der Waals surface area contributed by atoms with Crippen LogP contribution in [0.4, 0.5) is 0 Å². The first-order valence-electron chi connectivity index (χ1n) is 25.9. The molecule has 12 rings (SSSR count). The van der Waals surface area contributed by atoms with Gasteiger partial charge in [-0.2, -0.15) is 0 Å². The molecule has 12 nitrogen and oxygen atoms in total. The van der Waals surface area contributed by atoms with E-state index in [1.165, 1.54) is 0 Å². The summed E-state index contributed by atoms with van der Waals surface area (Å²) in [6.07, 6.45) is 31.2. The van der Waals surface area contributed by atoms with E-state index in [2.05, 4.69) is 131 Å². The van der Waals surface area contributed by atoms with E-state index in [-0.39, 0.29) is 17.1 Å². The maximum atomic E-state index is 4.43. The van der Waals surface area contributed by atoms with Crippen molar-refractivity contribution in [3.05, 3.63) is 324 Å². The Morgan fingerprint density at radius 1 is 0.153 bits per heavy atom. The number of aromatic nitrogens is 12. The Hall–Kier alpha value is -12.3.